The van der Waals surface area contributed by atoms with Crippen molar-refractivity contribution in [2.24, 2.45) is 5.92 Å². The molecule has 0 aliphatic rings. The summed E-state index contributed by atoms with van der Waals surface area (Å²) in [5.41, 5.74) is 2.21. The first-order chi connectivity index (χ1) is 11.3. The summed E-state index contributed by atoms with van der Waals surface area (Å²) in [6.07, 6.45) is -0.609. The zero-order chi connectivity index (χ0) is 17.7. The van der Waals surface area contributed by atoms with Gasteiger partial charge < -0.3 is 4.74 Å². The number of rotatable bonds is 7. The highest BCUT2D eigenvalue weighted by atomic mass is 32.2. The van der Waals surface area contributed by atoms with E-state index in [4.69, 9.17) is 4.74 Å². The number of hydrogen-bond donors (Lipinski definition) is 1. The van der Waals surface area contributed by atoms with Crippen molar-refractivity contribution in [3.8, 4) is 5.75 Å². The normalized spacial score (nSPS) is 12.2. The fourth-order valence-corrected chi connectivity index (χ4v) is 3.75. The van der Waals surface area contributed by atoms with Crippen LogP contribution in [0.2, 0.25) is 0 Å². The molecule has 1 aromatic carbocycles. The maximum absolute atomic E-state index is 12.3. The first-order valence-corrected chi connectivity index (χ1v) is 9.66. The third kappa shape index (κ3) is 5.79. The molecule has 24 heavy (non-hydrogen) atoms. The van der Waals surface area contributed by atoms with Gasteiger partial charge in [-0.3, -0.25) is 10.1 Å². The van der Waals surface area contributed by atoms with E-state index in [9.17, 15) is 4.79 Å². The molecule has 0 unspecified atom stereocenters. The minimum Gasteiger partial charge on any atom is -0.481 e. The number of nitrogens with one attached hydrogen (secondary N) is 1. The molecular formula is C17H23N3O2S2. The smallest absolute Gasteiger partial charge is 0.266 e. The van der Waals surface area contributed by atoms with Gasteiger partial charge >= 0.3 is 0 Å². The zero-order valence-electron chi connectivity index (χ0n) is 14.6. The number of aryl methyl sites for hydroxylation is 2. The van der Waals surface area contributed by atoms with E-state index < -0.39 is 6.10 Å². The van der Waals surface area contributed by atoms with Gasteiger partial charge in [-0.2, -0.15) is 0 Å². The number of ether oxygens (including phenoxy) is 1. The molecule has 5 nitrogen and oxygen atoms in total. The number of benzene rings is 1. The molecule has 0 radical (unpaired) electrons. The maximum Gasteiger partial charge on any atom is 0.266 e. The second-order valence-electron chi connectivity index (χ2n) is 6.15. The Labute approximate surface area is 151 Å². The van der Waals surface area contributed by atoms with Crippen LogP contribution < -0.4 is 10.1 Å². The van der Waals surface area contributed by atoms with E-state index in [0.717, 1.165) is 21.2 Å². The lowest BCUT2D eigenvalue weighted by Crippen LogP contribution is -2.30. The minimum absolute atomic E-state index is 0.231. The number of amides is 1. The van der Waals surface area contributed by atoms with Crippen molar-refractivity contribution in [3.05, 3.63) is 29.3 Å². The second kappa shape index (κ2) is 8.48. The number of carbonyl (C=O) groups is 1. The Morgan fingerprint density at radius 2 is 1.88 bits per heavy atom. The number of hydrogen-bond acceptors (Lipinski definition) is 6. The van der Waals surface area contributed by atoms with Crippen molar-refractivity contribution in [3.63, 3.8) is 0 Å². The molecule has 1 atom stereocenters. The molecule has 1 aromatic heterocycles. The van der Waals surface area contributed by atoms with Gasteiger partial charge in [0.05, 0.1) is 0 Å². The van der Waals surface area contributed by atoms with Crippen LogP contribution in [0.1, 0.15) is 31.9 Å². The van der Waals surface area contributed by atoms with Crippen LogP contribution in [-0.2, 0) is 4.79 Å². The van der Waals surface area contributed by atoms with Crippen molar-refractivity contribution in [1.82, 2.24) is 10.2 Å². The molecule has 0 saturated carbocycles. The summed E-state index contributed by atoms with van der Waals surface area (Å²) in [5, 5.41) is 11.4. The lowest BCUT2D eigenvalue weighted by molar-refractivity contribution is -0.122. The molecule has 0 aliphatic heterocycles. The van der Waals surface area contributed by atoms with Crippen molar-refractivity contribution in [2.45, 2.75) is 45.1 Å². The molecule has 0 bridgehead atoms. The number of anilines is 1. The van der Waals surface area contributed by atoms with Gasteiger partial charge in [0.15, 0.2) is 10.4 Å². The Hall–Kier alpha value is -1.60. The highest BCUT2D eigenvalue weighted by Gasteiger charge is 2.17. The first kappa shape index (κ1) is 18.7. The van der Waals surface area contributed by atoms with E-state index in [0.29, 0.717) is 16.8 Å². The Bertz CT molecular complexity index is 681. The summed E-state index contributed by atoms with van der Waals surface area (Å²) in [6.45, 7) is 10.0. The monoisotopic (exact) mass is 365 g/mol. The predicted octanol–water partition coefficient (Wildman–Crippen LogP) is 4.31. The standard InChI is InChI=1S/C17H23N3O2S2/c1-10(2)9-23-17-20-19-16(24-17)18-15(21)13(5)22-14-7-11(3)6-12(4)8-14/h6-8,10,13H,9H2,1-5H3,(H,18,19,21)/t13-/m0/s1. The van der Waals surface area contributed by atoms with E-state index >= 15 is 0 Å². The van der Waals surface area contributed by atoms with Gasteiger partial charge in [0.2, 0.25) is 5.13 Å². The fraction of sp³-hybridized carbons (Fsp3) is 0.471. The van der Waals surface area contributed by atoms with Crippen LogP contribution in [0.25, 0.3) is 0 Å². The van der Waals surface area contributed by atoms with E-state index in [1.165, 1.54) is 11.3 Å². The molecular weight excluding hydrogens is 342 g/mol. The van der Waals surface area contributed by atoms with E-state index in [1.807, 2.05) is 26.0 Å². The predicted molar refractivity (Wildman–Crippen MR) is 100 cm³/mol. The van der Waals surface area contributed by atoms with Crippen LogP contribution in [0.3, 0.4) is 0 Å². The number of aromatic nitrogens is 2. The first-order valence-electron chi connectivity index (χ1n) is 7.85. The summed E-state index contributed by atoms with van der Waals surface area (Å²) in [7, 11) is 0. The zero-order valence-corrected chi connectivity index (χ0v) is 16.3. The number of nitrogens with zero attached hydrogens (tertiary/aromatic N) is 2. The lowest BCUT2D eigenvalue weighted by Gasteiger charge is -2.14. The second-order valence-corrected chi connectivity index (χ2v) is 8.40. The SMILES string of the molecule is Cc1cc(C)cc(O[C@@H](C)C(=O)Nc2nnc(SCC(C)C)s2)c1. The summed E-state index contributed by atoms with van der Waals surface area (Å²) < 4.78 is 6.60. The molecule has 1 N–H and O–H groups in total. The highest BCUT2D eigenvalue weighted by molar-refractivity contribution is 8.01. The van der Waals surface area contributed by atoms with Crippen molar-refractivity contribution >= 4 is 34.1 Å². The van der Waals surface area contributed by atoms with Gasteiger partial charge in [0.25, 0.3) is 5.91 Å². The third-order valence-corrected chi connectivity index (χ3v) is 5.45. The van der Waals surface area contributed by atoms with Gasteiger partial charge in [-0.25, -0.2) is 0 Å². The summed E-state index contributed by atoms with van der Waals surface area (Å²) >= 11 is 3.04. The average molecular weight is 366 g/mol. The molecule has 2 rings (SSSR count). The van der Waals surface area contributed by atoms with Gasteiger partial charge in [-0.05, 0) is 49.9 Å². The van der Waals surface area contributed by atoms with Crippen LogP contribution in [0.4, 0.5) is 5.13 Å². The quantitative estimate of drug-likeness (QED) is 0.585. The van der Waals surface area contributed by atoms with Gasteiger partial charge in [-0.1, -0.05) is 43.0 Å². The Kier molecular flexibility index (Phi) is 6.62. The van der Waals surface area contributed by atoms with Crippen molar-refractivity contribution in [1.29, 1.82) is 0 Å². The van der Waals surface area contributed by atoms with Crippen molar-refractivity contribution in [2.75, 3.05) is 11.1 Å². The molecule has 2 aromatic rings. The Balaban J connectivity index is 1.91. The fourth-order valence-electron chi connectivity index (χ4n) is 2.02. The van der Waals surface area contributed by atoms with Crippen LogP contribution in [0, 0.1) is 19.8 Å². The summed E-state index contributed by atoms with van der Waals surface area (Å²) in [5.74, 6) is 2.03. The molecule has 130 valence electrons. The van der Waals surface area contributed by atoms with Gasteiger partial charge in [0.1, 0.15) is 5.75 Å². The van der Waals surface area contributed by atoms with Gasteiger partial charge in [-0.15, -0.1) is 10.2 Å². The summed E-state index contributed by atoms with van der Waals surface area (Å²) in [4.78, 5) is 12.3. The van der Waals surface area contributed by atoms with E-state index in [1.54, 1.807) is 18.7 Å². The van der Waals surface area contributed by atoms with Crippen LogP contribution >= 0.6 is 23.1 Å². The average Bonchev–Trinajstić information content (AvgIpc) is 2.91. The molecule has 0 saturated heterocycles. The molecule has 0 aliphatic carbocycles. The van der Waals surface area contributed by atoms with Crippen LogP contribution in [-0.4, -0.2) is 28.0 Å². The van der Waals surface area contributed by atoms with Crippen molar-refractivity contribution < 1.29 is 9.53 Å². The third-order valence-electron chi connectivity index (χ3n) is 3.05. The number of thioether (sulfide) groups is 1. The Morgan fingerprint density at radius 1 is 1.21 bits per heavy atom. The van der Waals surface area contributed by atoms with E-state index in [2.05, 4.69) is 35.4 Å². The largest absolute Gasteiger partial charge is 0.481 e. The Morgan fingerprint density at radius 3 is 2.50 bits per heavy atom. The summed E-state index contributed by atoms with van der Waals surface area (Å²) in [6, 6.07) is 5.90. The topological polar surface area (TPSA) is 64.1 Å². The maximum atomic E-state index is 12.3. The molecule has 0 spiro atoms. The highest BCUT2D eigenvalue weighted by Crippen LogP contribution is 2.27. The van der Waals surface area contributed by atoms with Crippen LogP contribution in [0.5, 0.6) is 5.75 Å². The molecule has 0 fully saturated rings. The lowest BCUT2D eigenvalue weighted by atomic mass is 10.1. The molecule has 1 amide bonds. The minimum atomic E-state index is -0.609. The number of carbonyl (C=O) groups excluding carboxylic acids is 1. The van der Waals surface area contributed by atoms with Crippen LogP contribution in [0.15, 0.2) is 22.5 Å². The van der Waals surface area contributed by atoms with E-state index in [-0.39, 0.29) is 5.91 Å². The molecule has 1 heterocycles. The molecule has 7 heteroatoms. The van der Waals surface area contributed by atoms with Gasteiger partial charge in [0, 0.05) is 5.75 Å².